The second-order valence-electron chi connectivity index (χ2n) is 6.58. The summed E-state index contributed by atoms with van der Waals surface area (Å²) >= 11 is 1.67. The summed E-state index contributed by atoms with van der Waals surface area (Å²) in [7, 11) is 0. The molecule has 6 heteroatoms. The number of hydrogen-bond donors (Lipinski definition) is 2. The van der Waals surface area contributed by atoms with Crippen molar-refractivity contribution < 1.29 is 9.59 Å². The molecule has 5 nitrogen and oxygen atoms in total. The normalized spacial score (nSPS) is 13.6. The topological polar surface area (TPSA) is 61.4 Å². The van der Waals surface area contributed by atoms with Crippen molar-refractivity contribution >= 4 is 29.0 Å². The first-order chi connectivity index (χ1) is 12.0. The highest BCUT2D eigenvalue weighted by Crippen LogP contribution is 2.31. The molecule has 0 atom stereocenters. The Hall–Kier alpha value is -2.34. The maximum atomic E-state index is 13.0. The lowest BCUT2D eigenvalue weighted by molar-refractivity contribution is 0.0731. The van der Waals surface area contributed by atoms with Gasteiger partial charge in [-0.1, -0.05) is 12.1 Å². The van der Waals surface area contributed by atoms with Crippen LogP contribution in [-0.2, 0) is 6.54 Å². The van der Waals surface area contributed by atoms with Crippen molar-refractivity contribution in [2.45, 2.75) is 45.3 Å². The Morgan fingerprint density at radius 3 is 2.68 bits per heavy atom. The number of carbonyl (C=O) groups excluding carboxylic acids is 2. The average molecular weight is 357 g/mol. The molecular weight excluding hydrogens is 334 g/mol. The van der Waals surface area contributed by atoms with E-state index in [1.807, 2.05) is 30.2 Å². The molecule has 0 bridgehead atoms. The number of nitrogens with one attached hydrogen (secondary N) is 2. The van der Waals surface area contributed by atoms with Gasteiger partial charge in [-0.3, -0.25) is 4.79 Å². The fourth-order valence-electron chi connectivity index (χ4n) is 2.65. The zero-order valence-corrected chi connectivity index (χ0v) is 15.3. The second-order valence-corrected chi connectivity index (χ2v) is 7.61. The quantitative estimate of drug-likeness (QED) is 0.818. The van der Waals surface area contributed by atoms with E-state index in [9.17, 15) is 9.59 Å². The van der Waals surface area contributed by atoms with Crippen LogP contribution in [-0.4, -0.2) is 28.9 Å². The molecule has 3 rings (SSSR count). The highest BCUT2D eigenvalue weighted by molar-refractivity contribution is 7.09. The smallest absolute Gasteiger partial charge is 0.319 e. The van der Waals surface area contributed by atoms with E-state index in [4.69, 9.17) is 0 Å². The largest absolute Gasteiger partial charge is 0.336 e. The standard InChI is InChI=1S/C19H23N3O2S/c1-13(2)20-19(24)21-15-6-3-5-14(11-15)18(23)22(16-8-9-16)12-17-7-4-10-25-17/h3-7,10-11,13,16H,8-9,12H2,1-2H3,(H2,20,21,24). The van der Waals surface area contributed by atoms with E-state index in [1.165, 1.54) is 4.88 Å². The zero-order valence-electron chi connectivity index (χ0n) is 14.5. The highest BCUT2D eigenvalue weighted by Gasteiger charge is 2.33. The minimum Gasteiger partial charge on any atom is -0.336 e. The number of thiophene rings is 1. The monoisotopic (exact) mass is 357 g/mol. The molecule has 0 spiro atoms. The van der Waals surface area contributed by atoms with Gasteiger partial charge in [0.25, 0.3) is 5.91 Å². The van der Waals surface area contributed by atoms with Crippen LogP contribution < -0.4 is 10.6 Å². The van der Waals surface area contributed by atoms with Crippen molar-refractivity contribution in [3.8, 4) is 0 Å². The van der Waals surface area contributed by atoms with Crippen LogP contribution in [0.2, 0.25) is 0 Å². The number of carbonyl (C=O) groups is 2. The van der Waals surface area contributed by atoms with Crippen molar-refractivity contribution in [1.82, 2.24) is 10.2 Å². The van der Waals surface area contributed by atoms with Crippen molar-refractivity contribution in [2.24, 2.45) is 0 Å². The predicted molar refractivity (Wildman–Crippen MR) is 101 cm³/mol. The van der Waals surface area contributed by atoms with Crippen molar-refractivity contribution in [1.29, 1.82) is 0 Å². The zero-order chi connectivity index (χ0) is 17.8. The fraction of sp³-hybridized carbons (Fsp3) is 0.368. The molecule has 1 saturated carbocycles. The van der Waals surface area contributed by atoms with E-state index in [2.05, 4.69) is 16.7 Å². The molecule has 1 aliphatic carbocycles. The molecule has 132 valence electrons. The number of urea groups is 1. The van der Waals surface area contributed by atoms with Crippen LogP contribution in [0.1, 0.15) is 41.9 Å². The summed E-state index contributed by atoms with van der Waals surface area (Å²) in [6.45, 7) is 4.45. The minimum absolute atomic E-state index is 0.0174. The summed E-state index contributed by atoms with van der Waals surface area (Å²) < 4.78 is 0. The van der Waals surface area contributed by atoms with Gasteiger partial charge >= 0.3 is 6.03 Å². The molecule has 1 aromatic carbocycles. The molecule has 25 heavy (non-hydrogen) atoms. The van der Waals surface area contributed by atoms with Crippen LogP contribution >= 0.6 is 11.3 Å². The third-order valence-electron chi connectivity index (χ3n) is 3.94. The highest BCUT2D eigenvalue weighted by atomic mass is 32.1. The Morgan fingerprint density at radius 2 is 2.04 bits per heavy atom. The number of rotatable bonds is 6. The van der Waals surface area contributed by atoms with E-state index in [1.54, 1.807) is 35.6 Å². The van der Waals surface area contributed by atoms with Gasteiger partial charge in [0.05, 0.1) is 6.54 Å². The van der Waals surface area contributed by atoms with E-state index >= 15 is 0 Å². The van der Waals surface area contributed by atoms with Gasteiger partial charge in [-0.05, 0) is 56.3 Å². The lowest BCUT2D eigenvalue weighted by atomic mass is 10.1. The van der Waals surface area contributed by atoms with Gasteiger partial charge in [-0.15, -0.1) is 11.3 Å². The third kappa shape index (κ3) is 4.82. The number of benzene rings is 1. The molecule has 2 aromatic rings. The second kappa shape index (κ2) is 7.70. The first-order valence-corrected chi connectivity index (χ1v) is 9.42. The van der Waals surface area contributed by atoms with Crippen LogP contribution in [0.15, 0.2) is 41.8 Å². The molecule has 1 fully saturated rings. The lowest BCUT2D eigenvalue weighted by Crippen LogP contribution is -2.34. The molecule has 1 aromatic heterocycles. The number of anilines is 1. The van der Waals surface area contributed by atoms with Crippen molar-refractivity contribution in [3.05, 3.63) is 52.2 Å². The summed E-state index contributed by atoms with van der Waals surface area (Å²) in [4.78, 5) is 28.0. The molecule has 2 N–H and O–H groups in total. The Bertz CT molecular complexity index is 739. The van der Waals surface area contributed by atoms with Gasteiger partial charge in [0.2, 0.25) is 0 Å². The van der Waals surface area contributed by atoms with Crippen LogP contribution in [0.5, 0.6) is 0 Å². The van der Waals surface area contributed by atoms with Crippen LogP contribution in [0, 0.1) is 0 Å². The van der Waals surface area contributed by atoms with Crippen molar-refractivity contribution in [2.75, 3.05) is 5.32 Å². The van der Waals surface area contributed by atoms with E-state index < -0.39 is 0 Å². The van der Waals surface area contributed by atoms with E-state index in [0.717, 1.165) is 12.8 Å². The average Bonchev–Trinajstić information content (AvgIpc) is 3.27. The minimum atomic E-state index is -0.266. The van der Waals surface area contributed by atoms with Gasteiger partial charge in [0.1, 0.15) is 0 Å². The van der Waals surface area contributed by atoms with E-state index in [0.29, 0.717) is 23.8 Å². The lowest BCUT2D eigenvalue weighted by Gasteiger charge is -2.22. The number of nitrogens with zero attached hydrogens (tertiary/aromatic N) is 1. The summed E-state index contributed by atoms with van der Waals surface area (Å²) in [6.07, 6.45) is 2.12. The Kier molecular flexibility index (Phi) is 5.38. The van der Waals surface area contributed by atoms with Crippen LogP contribution in [0.25, 0.3) is 0 Å². The molecular formula is C19H23N3O2S. The number of hydrogen-bond acceptors (Lipinski definition) is 3. The van der Waals surface area contributed by atoms with Gasteiger partial charge in [-0.2, -0.15) is 0 Å². The van der Waals surface area contributed by atoms with Gasteiger partial charge in [-0.25, -0.2) is 4.79 Å². The predicted octanol–water partition coefficient (Wildman–Crippen LogP) is 4.08. The molecule has 1 aliphatic rings. The van der Waals surface area contributed by atoms with Crippen LogP contribution in [0.3, 0.4) is 0 Å². The molecule has 0 aliphatic heterocycles. The summed E-state index contributed by atoms with van der Waals surface area (Å²) in [5.74, 6) is 0.0174. The van der Waals surface area contributed by atoms with Crippen LogP contribution in [0.4, 0.5) is 10.5 Å². The summed E-state index contributed by atoms with van der Waals surface area (Å²) in [6, 6.07) is 11.3. The Labute approximate surface area is 152 Å². The van der Waals surface area contributed by atoms with Gasteiger partial charge in [0, 0.05) is 28.2 Å². The molecule has 0 unspecified atom stereocenters. The first kappa shape index (κ1) is 17.5. The summed E-state index contributed by atoms with van der Waals surface area (Å²) in [5.41, 5.74) is 1.22. The molecule has 0 saturated heterocycles. The third-order valence-corrected chi connectivity index (χ3v) is 4.80. The molecule has 0 radical (unpaired) electrons. The van der Waals surface area contributed by atoms with E-state index in [-0.39, 0.29) is 18.0 Å². The fourth-order valence-corrected chi connectivity index (χ4v) is 3.35. The Morgan fingerprint density at radius 1 is 1.24 bits per heavy atom. The van der Waals surface area contributed by atoms with Gasteiger partial charge in [0.15, 0.2) is 0 Å². The SMILES string of the molecule is CC(C)NC(=O)Nc1cccc(C(=O)N(Cc2cccs2)C2CC2)c1. The molecule has 3 amide bonds. The summed E-state index contributed by atoms with van der Waals surface area (Å²) in [5, 5.41) is 7.59. The van der Waals surface area contributed by atoms with Gasteiger partial charge < -0.3 is 15.5 Å². The first-order valence-electron chi connectivity index (χ1n) is 8.54. The van der Waals surface area contributed by atoms with Crippen molar-refractivity contribution in [3.63, 3.8) is 0 Å². The maximum Gasteiger partial charge on any atom is 0.319 e. The maximum absolute atomic E-state index is 13.0. The Balaban J connectivity index is 1.72. The molecule has 1 heterocycles. The number of amides is 3.